The molecule has 0 atom stereocenters. The van der Waals surface area contributed by atoms with Crippen LogP contribution >= 0.6 is 7.92 Å². The number of hydrogen-bond donors (Lipinski definition) is 0. The van der Waals surface area contributed by atoms with E-state index in [1.54, 1.807) is 0 Å². The summed E-state index contributed by atoms with van der Waals surface area (Å²) in [5.74, 6) is -0.285. The molecule has 0 bridgehead atoms. The zero-order chi connectivity index (χ0) is 27.8. The Hall–Kier alpha value is -2.16. The van der Waals surface area contributed by atoms with Gasteiger partial charge in [-0.3, -0.25) is 10.5 Å². The minimum atomic E-state index is -3.44. The Morgan fingerprint density at radius 1 is 0.684 bits per heavy atom. The van der Waals surface area contributed by atoms with Crippen LogP contribution < -0.4 is 15.9 Å². The number of benzene rings is 3. The van der Waals surface area contributed by atoms with Crippen molar-refractivity contribution in [3.63, 3.8) is 0 Å². The summed E-state index contributed by atoms with van der Waals surface area (Å²) < 4.78 is 39.7. The van der Waals surface area contributed by atoms with Crippen molar-refractivity contribution < 1.29 is 47.8 Å². The molecule has 1 aliphatic rings. The van der Waals surface area contributed by atoms with E-state index in [1.807, 2.05) is 32.1 Å². The fourth-order valence-corrected chi connectivity index (χ4v) is 5.55. The van der Waals surface area contributed by atoms with E-state index >= 15 is 0 Å². The van der Waals surface area contributed by atoms with Gasteiger partial charge in [0.05, 0.1) is 12.9 Å². The number of carbonyl (C=O) groups excluding carboxylic acids is 1. The van der Waals surface area contributed by atoms with Gasteiger partial charge in [-0.2, -0.15) is 8.42 Å². The first-order valence-electron chi connectivity index (χ1n) is 10.7. The van der Waals surface area contributed by atoms with Crippen molar-refractivity contribution in [1.29, 1.82) is 0 Å². The average Bonchev–Trinajstić information content (AvgIpc) is 3.57. The van der Waals surface area contributed by atoms with Gasteiger partial charge in [-0.25, -0.2) is 0 Å². The standard InChI is InChI=1S/C18H15P.C5H5.C4H7O4S.2CO.Mo/c1-4-10-16(11-5-1)19(17-12-6-2-7-13-17)18-14-8-3-9-15-18;1-2-4-5-3-1;1-8-9(6,7)4-2-3-5;2*1-2;/h1-15H;1-5H;2,4H2,1H3;;;/q;;-1;;;. The summed E-state index contributed by atoms with van der Waals surface area (Å²) in [5, 5.41) is 4.19. The largest absolute Gasteiger partial charge is 0.0622 e. The molecule has 3 aromatic carbocycles. The topological polar surface area (TPSA) is 100 Å². The normalized spacial score (nSPS) is 11.2. The Morgan fingerprint density at radius 2 is 0.974 bits per heavy atom. The maximum Gasteiger partial charge on any atom is 0 e. The molecule has 0 aliphatic heterocycles. The second-order valence-electron chi connectivity index (χ2n) is 6.63. The number of rotatable bonds is 7. The van der Waals surface area contributed by atoms with Crippen molar-refractivity contribution in [2.24, 2.45) is 0 Å². The van der Waals surface area contributed by atoms with Crippen LogP contribution in [0.2, 0.25) is 0 Å². The molecule has 3 aromatic rings. The molecule has 1 saturated carbocycles. The molecule has 197 valence electrons. The third kappa shape index (κ3) is 16.6. The van der Waals surface area contributed by atoms with Crippen molar-refractivity contribution in [1.82, 2.24) is 0 Å². The van der Waals surface area contributed by atoms with Crippen LogP contribution in [-0.4, -0.2) is 27.6 Å². The number of hydrogen-bond acceptors (Lipinski definition) is 4. The SMILES string of the molecule is COS(=O)(=O)CC[C-]=O.[C-]#[O+].[C-]#[O+].[CH]1[CH][CH][CH][CH]1.[Mo].c1ccc(P(c2ccccc2)c2ccccc2)cc1. The Labute approximate surface area is 242 Å². The molecule has 0 spiro atoms. The van der Waals surface area contributed by atoms with Crippen LogP contribution in [0.25, 0.3) is 0 Å². The van der Waals surface area contributed by atoms with Crippen LogP contribution in [0, 0.1) is 45.4 Å². The Bertz CT molecular complexity index is 997. The fraction of sp³-hybridized carbons (Fsp3) is 0.103. The molecule has 0 unspecified atom stereocenters. The van der Waals surface area contributed by atoms with Crippen LogP contribution in [0.1, 0.15) is 6.42 Å². The van der Waals surface area contributed by atoms with E-state index in [9.17, 15) is 13.2 Å². The molecule has 5 radical (unpaired) electrons. The predicted octanol–water partition coefficient (Wildman–Crippen LogP) is 3.85. The van der Waals surface area contributed by atoms with Gasteiger partial charge >= 0.3 is 22.6 Å². The van der Waals surface area contributed by atoms with Gasteiger partial charge in [0.2, 0.25) is 0 Å². The van der Waals surface area contributed by atoms with Crippen LogP contribution in [0.5, 0.6) is 0 Å². The molecule has 1 aliphatic carbocycles. The molecular formula is C29H27MoO6PS-. The van der Waals surface area contributed by atoms with Gasteiger partial charge in [0.25, 0.3) is 10.1 Å². The summed E-state index contributed by atoms with van der Waals surface area (Å²) in [7, 11) is -2.83. The minimum Gasteiger partial charge on any atom is -0.0622 e. The Kier molecular flexibility index (Phi) is 25.1. The quantitative estimate of drug-likeness (QED) is 0.130. The summed E-state index contributed by atoms with van der Waals surface area (Å²) in [6.07, 6.45) is 11.3. The molecule has 0 saturated heterocycles. The molecule has 0 amide bonds. The fourth-order valence-electron chi connectivity index (χ4n) is 2.75. The first-order valence-corrected chi connectivity index (χ1v) is 13.7. The van der Waals surface area contributed by atoms with Crippen molar-refractivity contribution in [2.45, 2.75) is 6.42 Å². The summed E-state index contributed by atoms with van der Waals surface area (Å²) in [5.41, 5.74) is 0. The van der Waals surface area contributed by atoms with Gasteiger partial charge in [-0.05, 0) is 55.9 Å². The first kappa shape index (κ1) is 38.0. The van der Waals surface area contributed by atoms with Gasteiger partial charge in [0.1, 0.15) is 0 Å². The molecule has 6 nitrogen and oxygen atoms in total. The van der Waals surface area contributed by atoms with Crippen molar-refractivity contribution in [3.8, 4) is 0 Å². The molecule has 38 heavy (non-hydrogen) atoms. The van der Waals surface area contributed by atoms with Crippen LogP contribution in [0.4, 0.5) is 0 Å². The monoisotopic (exact) mass is 632 g/mol. The molecule has 1 fully saturated rings. The predicted molar refractivity (Wildman–Crippen MR) is 146 cm³/mol. The second-order valence-corrected chi connectivity index (χ2v) is 10.7. The molecule has 9 heteroatoms. The summed E-state index contributed by atoms with van der Waals surface area (Å²) in [4.78, 5) is 9.52. The van der Waals surface area contributed by atoms with E-state index in [4.69, 9.17) is 9.30 Å². The average molecular weight is 631 g/mol. The van der Waals surface area contributed by atoms with Gasteiger partial charge in [-0.1, -0.05) is 91.0 Å². The maximum absolute atomic E-state index is 10.4. The zero-order valence-electron chi connectivity index (χ0n) is 20.7. The third-order valence-corrected chi connectivity index (χ3v) is 7.96. The van der Waals surface area contributed by atoms with E-state index < -0.39 is 18.0 Å². The molecular weight excluding hydrogens is 603 g/mol. The first-order chi connectivity index (χ1) is 18.1. The minimum absolute atomic E-state index is 0. The zero-order valence-corrected chi connectivity index (χ0v) is 24.4. The van der Waals surface area contributed by atoms with Crippen molar-refractivity contribution >= 4 is 40.2 Å². The molecule has 4 rings (SSSR count). The van der Waals surface area contributed by atoms with Gasteiger partial charge < -0.3 is 4.79 Å². The van der Waals surface area contributed by atoms with Gasteiger partial charge in [0.15, 0.2) is 0 Å². The van der Waals surface area contributed by atoms with Crippen molar-refractivity contribution in [3.05, 3.63) is 136 Å². The van der Waals surface area contributed by atoms with E-state index in [0.29, 0.717) is 0 Å². The van der Waals surface area contributed by atoms with Crippen LogP contribution in [-0.2, 0) is 49.5 Å². The van der Waals surface area contributed by atoms with Gasteiger partial charge in [-0.15, -0.1) is 6.42 Å². The van der Waals surface area contributed by atoms with Gasteiger partial charge in [0, 0.05) is 21.1 Å². The van der Waals surface area contributed by atoms with E-state index in [-0.39, 0.29) is 33.2 Å². The van der Waals surface area contributed by atoms with Crippen molar-refractivity contribution in [2.75, 3.05) is 12.9 Å². The molecule has 0 heterocycles. The smallest absolute Gasteiger partial charge is 0 e. The van der Waals surface area contributed by atoms with E-state index in [1.165, 1.54) is 22.2 Å². The molecule has 0 aromatic heterocycles. The summed E-state index contributed by atoms with van der Waals surface area (Å²) in [6, 6.07) is 32.3. The van der Waals surface area contributed by atoms with Crippen LogP contribution in [0.15, 0.2) is 91.0 Å². The maximum atomic E-state index is 10.4. The molecule has 0 N–H and O–H groups in total. The van der Waals surface area contributed by atoms with E-state index in [2.05, 4.69) is 108 Å². The van der Waals surface area contributed by atoms with E-state index in [0.717, 1.165) is 7.11 Å². The summed E-state index contributed by atoms with van der Waals surface area (Å²) in [6.45, 7) is 9.00. The second kappa shape index (κ2) is 25.1. The Balaban J connectivity index is 0. The third-order valence-electron chi connectivity index (χ3n) is 4.31. The van der Waals surface area contributed by atoms with Crippen LogP contribution in [0.3, 0.4) is 0 Å². The Morgan fingerprint density at radius 3 is 1.21 bits per heavy atom. The summed E-state index contributed by atoms with van der Waals surface area (Å²) >= 11 is 0.